The van der Waals surface area contributed by atoms with Crippen LogP contribution in [0.5, 0.6) is 11.5 Å². The largest absolute Gasteiger partial charge is 0.486 e. The van der Waals surface area contributed by atoms with E-state index in [1.807, 2.05) is 0 Å². The van der Waals surface area contributed by atoms with Gasteiger partial charge in [-0.3, -0.25) is 4.79 Å². The zero-order valence-corrected chi connectivity index (χ0v) is 10.4. The van der Waals surface area contributed by atoms with Gasteiger partial charge in [-0.1, -0.05) is 0 Å². The van der Waals surface area contributed by atoms with Gasteiger partial charge in [-0.05, 0) is 24.3 Å². The van der Waals surface area contributed by atoms with Crippen molar-refractivity contribution in [2.24, 2.45) is 0 Å². The number of hydrogen-bond acceptors (Lipinski definition) is 4. The molecule has 0 radical (unpaired) electrons. The summed E-state index contributed by atoms with van der Waals surface area (Å²) in [5.41, 5.74) is 0.852. The van der Waals surface area contributed by atoms with Crippen molar-refractivity contribution in [2.45, 2.75) is 0 Å². The molecule has 1 amide bonds. The van der Waals surface area contributed by atoms with E-state index in [1.54, 1.807) is 18.2 Å². The highest BCUT2D eigenvalue weighted by atomic mass is 19.1. The van der Waals surface area contributed by atoms with Crippen molar-refractivity contribution in [3.05, 3.63) is 48.0 Å². The Morgan fingerprint density at radius 1 is 1.15 bits per heavy atom. The molecule has 0 saturated carbocycles. The van der Waals surface area contributed by atoms with Gasteiger partial charge in [0.25, 0.3) is 5.91 Å². The molecule has 5 nitrogen and oxygen atoms in total. The lowest BCUT2D eigenvalue weighted by molar-refractivity contribution is 0.102. The first-order valence-electron chi connectivity index (χ1n) is 6.05. The lowest BCUT2D eigenvalue weighted by atomic mass is 10.2. The van der Waals surface area contributed by atoms with Gasteiger partial charge in [0.2, 0.25) is 5.95 Å². The number of pyridine rings is 1. The van der Waals surface area contributed by atoms with Crippen molar-refractivity contribution < 1.29 is 18.7 Å². The maximum Gasteiger partial charge on any atom is 0.257 e. The van der Waals surface area contributed by atoms with E-state index >= 15 is 0 Å². The van der Waals surface area contributed by atoms with Crippen LogP contribution in [0.1, 0.15) is 10.4 Å². The Hall–Kier alpha value is -2.63. The summed E-state index contributed by atoms with van der Waals surface area (Å²) in [4.78, 5) is 15.4. The number of ether oxygens (including phenoxy) is 2. The number of carbonyl (C=O) groups is 1. The molecule has 0 saturated heterocycles. The number of rotatable bonds is 2. The molecule has 0 spiro atoms. The van der Waals surface area contributed by atoms with E-state index in [4.69, 9.17) is 9.47 Å². The van der Waals surface area contributed by atoms with Crippen LogP contribution in [0.4, 0.5) is 10.1 Å². The molecular formula is C14H11FN2O3. The molecule has 1 aromatic heterocycles. The molecule has 20 heavy (non-hydrogen) atoms. The highest BCUT2D eigenvalue weighted by Gasteiger charge is 2.13. The number of nitrogens with one attached hydrogen (secondary N) is 1. The van der Waals surface area contributed by atoms with Gasteiger partial charge in [0.05, 0.1) is 5.56 Å². The third kappa shape index (κ3) is 2.54. The predicted molar refractivity (Wildman–Crippen MR) is 69.6 cm³/mol. The van der Waals surface area contributed by atoms with Crippen LogP contribution in [0.2, 0.25) is 0 Å². The van der Waals surface area contributed by atoms with Crippen molar-refractivity contribution in [1.29, 1.82) is 0 Å². The Bertz CT molecular complexity index is 643. The van der Waals surface area contributed by atoms with Gasteiger partial charge < -0.3 is 14.8 Å². The number of amides is 1. The topological polar surface area (TPSA) is 60.5 Å². The van der Waals surface area contributed by atoms with E-state index in [-0.39, 0.29) is 11.5 Å². The lowest BCUT2D eigenvalue weighted by Gasteiger charge is -2.19. The molecule has 0 aliphatic carbocycles. The molecule has 1 N–H and O–H groups in total. The van der Waals surface area contributed by atoms with E-state index in [2.05, 4.69) is 10.3 Å². The van der Waals surface area contributed by atoms with Gasteiger partial charge in [0, 0.05) is 18.0 Å². The molecule has 6 heteroatoms. The minimum Gasteiger partial charge on any atom is -0.486 e. The van der Waals surface area contributed by atoms with Gasteiger partial charge in [-0.15, -0.1) is 0 Å². The van der Waals surface area contributed by atoms with Gasteiger partial charge in [0.1, 0.15) is 13.2 Å². The Morgan fingerprint density at radius 2 is 1.95 bits per heavy atom. The monoisotopic (exact) mass is 274 g/mol. The van der Waals surface area contributed by atoms with E-state index in [9.17, 15) is 9.18 Å². The summed E-state index contributed by atoms with van der Waals surface area (Å²) < 4.78 is 23.5. The summed E-state index contributed by atoms with van der Waals surface area (Å²) in [6, 6.07) is 7.63. The maximum absolute atomic E-state index is 12.7. The van der Waals surface area contributed by atoms with Crippen molar-refractivity contribution in [3.63, 3.8) is 0 Å². The van der Waals surface area contributed by atoms with E-state index in [1.165, 1.54) is 12.3 Å². The number of hydrogen-bond donors (Lipinski definition) is 1. The molecule has 102 valence electrons. The number of fused-ring (bicyclic) bond motifs is 1. The van der Waals surface area contributed by atoms with E-state index in [0.29, 0.717) is 30.4 Å². The molecule has 0 bridgehead atoms. The maximum atomic E-state index is 12.7. The number of carbonyl (C=O) groups excluding carboxylic acids is 1. The molecule has 2 aromatic rings. The Morgan fingerprint density at radius 3 is 2.70 bits per heavy atom. The molecule has 0 atom stereocenters. The van der Waals surface area contributed by atoms with Gasteiger partial charge in [-0.25, -0.2) is 4.98 Å². The minimum absolute atomic E-state index is 0.279. The summed E-state index contributed by atoms with van der Waals surface area (Å²) in [6.45, 7) is 0.992. The second kappa shape index (κ2) is 5.16. The number of benzene rings is 1. The quantitative estimate of drug-likeness (QED) is 0.853. The second-order valence-corrected chi connectivity index (χ2v) is 4.18. The van der Waals surface area contributed by atoms with Crippen molar-refractivity contribution >= 4 is 11.6 Å². The van der Waals surface area contributed by atoms with Crippen LogP contribution in [0.3, 0.4) is 0 Å². The number of nitrogens with zero attached hydrogens (tertiary/aromatic N) is 1. The smallest absolute Gasteiger partial charge is 0.257 e. The molecule has 1 aliphatic rings. The molecule has 2 heterocycles. The molecule has 0 fully saturated rings. The summed E-state index contributed by atoms with van der Waals surface area (Å²) in [7, 11) is 0. The predicted octanol–water partition coefficient (Wildman–Crippen LogP) is 2.24. The number of anilines is 1. The van der Waals surface area contributed by atoms with Crippen LogP contribution < -0.4 is 14.8 Å². The average molecular weight is 274 g/mol. The lowest BCUT2D eigenvalue weighted by Crippen LogP contribution is -2.16. The Kier molecular flexibility index (Phi) is 3.20. The Labute approximate surface area is 114 Å². The average Bonchev–Trinajstić information content (AvgIpc) is 2.48. The van der Waals surface area contributed by atoms with Crippen LogP contribution >= 0.6 is 0 Å². The zero-order chi connectivity index (χ0) is 13.9. The van der Waals surface area contributed by atoms with Crippen molar-refractivity contribution in [3.8, 4) is 11.5 Å². The van der Waals surface area contributed by atoms with Crippen LogP contribution in [-0.4, -0.2) is 24.1 Å². The van der Waals surface area contributed by atoms with Crippen molar-refractivity contribution in [1.82, 2.24) is 4.98 Å². The first-order valence-corrected chi connectivity index (χ1v) is 6.05. The minimum atomic E-state index is -0.624. The third-order valence-corrected chi connectivity index (χ3v) is 2.79. The van der Waals surface area contributed by atoms with Gasteiger partial charge >= 0.3 is 0 Å². The summed E-state index contributed by atoms with van der Waals surface area (Å²) >= 11 is 0. The summed E-state index contributed by atoms with van der Waals surface area (Å²) in [6.07, 6.45) is 1.18. The molecule has 0 unspecified atom stereocenters. The molecular weight excluding hydrogens is 263 g/mol. The van der Waals surface area contributed by atoms with Gasteiger partial charge in [-0.2, -0.15) is 4.39 Å². The summed E-state index contributed by atoms with van der Waals surface area (Å²) in [5.74, 6) is 0.249. The first kappa shape index (κ1) is 12.4. The number of aromatic nitrogens is 1. The summed E-state index contributed by atoms with van der Waals surface area (Å²) in [5, 5.41) is 2.69. The van der Waals surface area contributed by atoms with E-state index in [0.717, 1.165) is 6.07 Å². The fourth-order valence-corrected chi connectivity index (χ4v) is 1.83. The number of halogens is 1. The highest BCUT2D eigenvalue weighted by Crippen LogP contribution is 2.32. The van der Waals surface area contributed by atoms with Crippen LogP contribution in [-0.2, 0) is 0 Å². The standard InChI is InChI=1S/C14H11FN2O3/c15-13-4-1-9(8-16-13)14(18)17-10-2-3-11-12(7-10)20-6-5-19-11/h1-4,7-8H,5-6H2,(H,17,18). The zero-order valence-electron chi connectivity index (χ0n) is 10.4. The SMILES string of the molecule is O=C(Nc1ccc2c(c1)OCCO2)c1ccc(F)nc1. The van der Waals surface area contributed by atoms with E-state index < -0.39 is 5.95 Å². The van der Waals surface area contributed by atoms with Crippen molar-refractivity contribution in [2.75, 3.05) is 18.5 Å². The Balaban J connectivity index is 1.77. The molecule has 3 rings (SSSR count). The molecule has 1 aromatic carbocycles. The third-order valence-electron chi connectivity index (χ3n) is 2.79. The highest BCUT2D eigenvalue weighted by molar-refractivity contribution is 6.04. The first-order chi connectivity index (χ1) is 9.72. The van der Waals surface area contributed by atoms with Crippen LogP contribution in [0, 0.1) is 5.95 Å². The normalized spacial score (nSPS) is 12.8. The second-order valence-electron chi connectivity index (χ2n) is 4.18. The van der Waals surface area contributed by atoms with Gasteiger partial charge in [0.15, 0.2) is 11.5 Å². The fourth-order valence-electron chi connectivity index (χ4n) is 1.83. The molecule has 1 aliphatic heterocycles. The van der Waals surface area contributed by atoms with Crippen LogP contribution in [0.15, 0.2) is 36.5 Å². The van der Waals surface area contributed by atoms with Crippen LogP contribution in [0.25, 0.3) is 0 Å². The fraction of sp³-hybridized carbons (Fsp3) is 0.143.